The third-order valence-corrected chi connectivity index (χ3v) is 2.57. The Kier molecular flexibility index (Phi) is 3.34. The molecule has 0 unspecified atom stereocenters. The quantitative estimate of drug-likeness (QED) is 0.891. The Morgan fingerprint density at radius 1 is 1.06 bits per heavy atom. The molecule has 1 heterocycles. The number of hydrogen-bond donors (Lipinski definition) is 1. The maximum absolute atomic E-state index is 12.8. The van der Waals surface area contributed by atoms with Gasteiger partial charge in [-0.05, 0) is 6.07 Å². The van der Waals surface area contributed by atoms with E-state index in [1.807, 2.05) is 0 Å². The molecule has 0 bridgehead atoms. The summed E-state index contributed by atoms with van der Waals surface area (Å²) in [6.07, 6.45) is -3.39. The largest absolute Gasteiger partial charge is 0.416 e. The number of pyridine rings is 1. The third kappa shape index (κ3) is 2.36. The van der Waals surface area contributed by atoms with Gasteiger partial charge in [-0.2, -0.15) is 13.2 Å². The van der Waals surface area contributed by atoms with Gasteiger partial charge in [0.2, 0.25) is 0 Å². The average molecular weight is 253 g/mol. The van der Waals surface area contributed by atoms with Crippen LogP contribution in [0.1, 0.15) is 11.1 Å². The molecule has 0 radical (unpaired) electrons. The second-order valence-electron chi connectivity index (χ2n) is 3.71. The van der Waals surface area contributed by atoms with Crippen molar-refractivity contribution < 1.29 is 18.3 Å². The van der Waals surface area contributed by atoms with E-state index < -0.39 is 18.3 Å². The highest BCUT2D eigenvalue weighted by atomic mass is 19.4. The molecule has 5 heteroatoms. The number of rotatable bonds is 2. The summed E-state index contributed by atoms with van der Waals surface area (Å²) in [5, 5.41) is 9.18. The maximum Gasteiger partial charge on any atom is 0.416 e. The number of nitrogens with zero attached hydrogens (tertiary/aromatic N) is 1. The lowest BCUT2D eigenvalue weighted by molar-refractivity contribution is -0.138. The summed E-state index contributed by atoms with van der Waals surface area (Å²) in [5.41, 5.74) is -0.337. The fourth-order valence-electron chi connectivity index (χ4n) is 1.76. The van der Waals surface area contributed by atoms with Gasteiger partial charge >= 0.3 is 6.18 Å². The molecule has 1 aromatic carbocycles. The first-order chi connectivity index (χ1) is 8.54. The van der Waals surface area contributed by atoms with Crippen LogP contribution in [0.4, 0.5) is 13.2 Å². The highest BCUT2D eigenvalue weighted by Gasteiger charge is 2.34. The first kappa shape index (κ1) is 12.6. The molecule has 18 heavy (non-hydrogen) atoms. The van der Waals surface area contributed by atoms with E-state index in [0.717, 1.165) is 12.3 Å². The van der Waals surface area contributed by atoms with Crippen LogP contribution < -0.4 is 0 Å². The molecule has 0 spiro atoms. The lowest BCUT2D eigenvalue weighted by Crippen LogP contribution is -2.11. The van der Waals surface area contributed by atoms with Crippen LogP contribution in [0, 0.1) is 0 Å². The van der Waals surface area contributed by atoms with E-state index in [1.165, 1.54) is 0 Å². The molecule has 0 atom stereocenters. The zero-order valence-electron chi connectivity index (χ0n) is 9.28. The van der Waals surface area contributed by atoms with Gasteiger partial charge in [0.25, 0.3) is 0 Å². The minimum absolute atomic E-state index is 0.160. The van der Waals surface area contributed by atoms with Crippen LogP contribution in [0.2, 0.25) is 0 Å². The highest BCUT2D eigenvalue weighted by molar-refractivity contribution is 5.64. The number of aromatic nitrogens is 1. The SMILES string of the molecule is OCc1c(C(F)(F)F)ccnc1-c1ccccc1. The van der Waals surface area contributed by atoms with Crippen molar-refractivity contribution in [3.63, 3.8) is 0 Å². The topological polar surface area (TPSA) is 33.1 Å². The molecule has 94 valence electrons. The molecule has 0 aliphatic rings. The Hall–Kier alpha value is -1.88. The molecule has 1 aromatic heterocycles. The summed E-state index contributed by atoms with van der Waals surface area (Å²) in [7, 11) is 0. The van der Waals surface area contributed by atoms with E-state index in [4.69, 9.17) is 0 Å². The second-order valence-corrected chi connectivity index (χ2v) is 3.71. The lowest BCUT2D eigenvalue weighted by atomic mass is 10.0. The Balaban J connectivity index is 2.63. The molecule has 1 N–H and O–H groups in total. The van der Waals surface area contributed by atoms with Crippen LogP contribution in [-0.2, 0) is 12.8 Å². The number of aliphatic hydroxyl groups excluding tert-OH is 1. The smallest absolute Gasteiger partial charge is 0.392 e. The molecule has 2 nitrogen and oxygen atoms in total. The van der Waals surface area contributed by atoms with Gasteiger partial charge in [-0.15, -0.1) is 0 Å². The zero-order valence-corrected chi connectivity index (χ0v) is 9.28. The summed E-state index contributed by atoms with van der Waals surface area (Å²) < 4.78 is 38.4. The van der Waals surface area contributed by atoms with Gasteiger partial charge in [-0.3, -0.25) is 4.98 Å². The van der Waals surface area contributed by atoms with Crippen molar-refractivity contribution in [2.45, 2.75) is 12.8 Å². The Morgan fingerprint density at radius 2 is 1.72 bits per heavy atom. The molecular weight excluding hydrogens is 243 g/mol. The van der Waals surface area contributed by atoms with Gasteiger partial charge in [0.05, 0.1) is 17.9 Å². The fraction of sp³-hybridized carbons (Fsp3) is 0.154. The van der Waals surface area contributed by atoms with Crippen LogP contribution in [0.5, 0.6) is 0 Å². The van der Waals surface area contributed by atoms with E-state index >= 15 is 0 Å². The first-order valence-electron chi connectivity index (χ1n) is 5.25. The Labute approximate surface area is 102 Å². The third-order valence-electron chi connectivity index (χ3n) is 2.57. The van der Waals surface area contributed by atoms with Crippen LogP contribution >= 0.6 is 0 Å². The van der Waals surface area contributed by atoms with Gasteiger partial charge in [0.1, 0.15) is 0 Å². The average Bonchev–Trinajstić information content (AvgIpc) is 2.37. The molecule has 0 saturated heterocycles. The summed E-state index contributed by atoms with van der Waals surface area (Å²) in [6, 6.07) is 9.36. The standard InChI is InChI=1S/C13H10F3NO/c14-13(15,16)11-6-7-17-12(10(11)8-18)9-4-2-1-3-5-9/h1-7,18H,8H2. The van der Waals surface area contributed by atoms with Crippen LogP contribution in [-0.4, -0.2) is 10.1 Å². The summed E-state index contributed by atoms with van der Waals surface area (Å²) in [4.78, 5) is 3.93. The molecule has 0 aliphatic heterocycles. The molecule has 2 rings (SSSR count). The van der Waals surface area contributed by atoms with Crippen molar-refractivity contribution in [1.82, 2.24) is 4.98 Å². The van der Waals surface area contributed by atoms with Crippen molar-refractivity contribution in [2.75, 3.05) is 0 Å². The number of alkyl halides is 3. The van der Waals surface area contributed by atoms with Crippen LogP contribution in [0.3, 0.4) is 0 Å². The summed E-state index contributed by atoms with van der Waals surface area (Å²) in [6.45, 7) is -0.701. The van der Waals surface area contributed by atoms with Crippen LogP contribution in [0.25, 0.3) is 11.3 Å². The minimum Gasteiger partial charge on any atom is -0.392 e. The second kappa shape index (κ2) is 4.78. The predicted molar refractivity (Wildman–Crippen MR) is 60.6 cm³/mol. The molecule has 0 amide bonds. The first-order valence-corrected chi connectivity index (χ1v) is 5.25. The monoisotopic (exact) mass is 253 g/mol. The van der Waals surface area contributed by atoms with Crippen LogP contribution in [0.15, 0.2) is 42.6 Å². The summed E-state index contributed by atoms with van der Waals surface area (Å²) in [5.74, 6) is 0. The molecule has 2 aromatic rings. The maximum atomic E-state index is 12.8. The highest BCUT2D eigenvalue weighted by Crippen LogP contribution is 2.35. The van der Waals surface area contributed by atoms with E-state index in [9.17, 15) is 18.3 Å². The molecule has 0 fully saturated rings. The van der Waals surface area contributed by atoms with Crippen molar-refractivity contribution >= 4 is 0 Å². The van der Waals surface area contributed by atoms with Gasteiger partial charge in [-0.1, -0.05) is 30.3 Å². The normalized spacial score (nSPS) is 11.6. The number of halogens is 3. The van der Waals surface area contributed by atoms with E-state index in [2.05, 4.69) is 4.98 Å². The number of aliphatic hydroxyl groups is 1. The van der Waals surface area contributed by atoms with E-state index in [0.29, 0.717) is 5.56 Å². The Bertz CT molecular complexity index is 538. The van der Waals surface area contributed by atoms with Gasteiger partial charge in [0.15, 0.2) is 0 Å². The lowest BCUT2D eigenvalue weighted by Gasteiger charge is -2.14. The fourth-order valence-corrected chi connectivity index (χ4v) is 1.76. The van der Waals surface area contributed by atoms with E-state index in [-0.39, 0.29) is 11.3 Å². The zero-order chi connectivity index (χ0) is 13.2. The predicted octanol–water partition coefficient (Wildman–Crippen LogP) is 3.26. The van der Waals surface area contributed by atoms with Crippen molar-refractivity contribution in [3.05, 3.63) is 53.7 Å². The minimum atomic E-state index is -4.50. The van der Waals surface area contributed by atoms with Crippen molar-refractivity contribution in [2.24, 2.45) is 0 Å². The molecule has 0 saturated carbocycles. The van der Waals surface area contributed by atoms with Crippen molar-refractivity contribution in [1.29, 1.82) is 0 Å². The molecule has 0 aliphatic carbocycles. The number of hydrogen-bond acceptors (Lipinski definition) is 2. The van der Waals surface area contributed by atoms with Gasteiger partial charge < -0.3 is 5.11 Å². The van der Waals surface area contributed by atoms with Gasteiger partial charge in [-0.25, -0.2) is 0 Å². The summed E-state index contributed by atoms with van der Waals surface area (Å²) >= 11 is 0. The number of benzene rings is 1. The Morgan fingerprint density at radius 3 is 2.28 bits per heavy atom. The molecular formula is C13H10F3NO. The van der Waals surface area contributed by atoms with E-state index in [1.54, 1.807) is 30.3 Å². The van der Waals surface area contributed by atoms with Gasteiger partial charge in [0, 0.05) is 17.3 Å². The van der Waals surface area contributed by atoms with Crippen molar-refractivity contribution in [3.8, 4) is 11.3 Å².